The lowest BCUT2D eigenvalue weighted by atomic mass is 9.76. The summed E-state index contributed by atoms with van der Waals surface area (Å²) in [6.45, 7) is 5.98. The van der Waals surface area contributed by atoms with Crippen molar-refractivity contribution in [3.8, 4) is 0 Å². The zero-order valence-electron chi connectivity index (χ0n) is 9.01. The molecule has 0 spiro atoms. The van der Waals surface area contributed by atoms with Crippen molar-refractivity contribution in [1.29, 1.82) is 0 Å². The van der Waals surface area contributed by atoms with Crippen LogP contribution in [-0.4, -0.2) is 11.4 Å². The van der Waals surface area contributed by atoms with Gasteiger partial charge in [-0.3, -0.25) is 4.79 Å². The highest BCUT2D eigenvalue weighted by atomic mass is 32.2. The molecule has 78 valence electrons. The Hall–Kier alpha value is -0.500. The maximum Gasteiger partial charge on any atom is 0.214 e. The minimum atomic E-state index is 0.167. The van der Waals surface area contributed by atoms with Crippen LogP contribution in [0.2, 0.25) is 0 Å². The molecule has 0 saturated carbocycles. The van der Waals surface area contributed by atoms with Gasteiger partial charge < -0.3 is 0 Å². The molecule has 0 amide bonds. The molecule has 0 saturated heterocycles. The van der Waals surface area contributed by atoms with Gasteiger partial charge in [-0.15, -0.1) is 6.58 Å². The molecule has 1 aliphatic rings. The van der Waals surface area contributed by atoms with E-state index in [1.807, 2.05) is 12.3 Å². The Morgan fingerprint density at radius 2 is 2.50 bits per heavy atom. The molecule has 1 rings (SSSR count). The first kappa shape index (κ1) is 11.6. The first-order valence-electron chi connectivity index (χ1n) is 5.02. The highest BCUT2D eigenvalue weighted by Gasteiger charge is 2.26. The van der Waals surface area contributed by atoms with Crippen molar-refractivity contribution in [2.75, 3.05) is 6.26 Å². The fourth-order valence-corrected chi connectivity index (χ4v) is 2.45. The summed E-state index contributed by atoms with van der Waals surface area (Å²) in [5.41, 5.74) is 1.17. The number of thioether (sulfide) groups is 1. The molecule has 0 aromatic heterocycles. The van der Waals surface area contributed by atoms with Gasteiger partial charge in [0, 0.05) is 5.57 Å². The van der Waals surface area contributed by atoms with Gasteiger partial charge in [-0.25, -0.2) is 0 Å². The lowest BCUT2D eigenvalue weighted by molar-refractivity contribution is -0.108. The van der Waals surface area contributed by atoms with E-state index < -0.39 is 0 Å². The molecule has 1 aliphatic carbocycles. The van der Waals surface area contributed by atoms with Gasteiger partial charge in [0.15, 0.2) is 0 Å². The molecule has 0 heterocycles. The van der Waals surface area contributed by atoms with Crippen molar-refractivity contribution in [3.05, 3.63) is 24.3 Å². The third-order valence-electron chi connectivity index (χ3n) is 2.77. The summed E-state index contributed by atoms with van der Waals surface area (Å²) in [6.07, 6.45) is 10.2. The normalized spacial score (nSPS) is 26.9. The van der Waals surface area contributed by atoms with Crippen molar-refractivity contribution in [1.82, 2.24) is 0 Å². The number of carbonyl (C=O) groups is 1. The summed E-state index contributed by atoms with van der Waals surface area (Å²) < 4.78 is 0. The average molecular weight is 210 g/mol. The fourth-order valence-electron chi connectivity index (χ4n) is 2.03. The summed E-state index contributed by atoms with van der Waals surface area (Å²) in [4.78, 5) is 11.5. The number of allylic oxidation sites excluding steroid dienone is 2. The van der Waals surface area contributed by atoms with Crippen LogP contribution < -0.4 is 0 Å². The molecule has 0 N–H and O–H groups in total. The topological polar surface area (TPSA) is 17.1 Å². The Morgan fingerprint density at radius 3 is 3.07 bits per heavy atom. The van der Waals surface area contributed by atoms with E-state index in [9.17, 15) is 4.79 Å². The monoisotopic (exact) mass is 210 g/mol. The van der Waals surface area contributed by atoms with Crippen LogP contribution in [0.5, 0.6) is 0 Å². The standard InChI is InChI=1S/C12H18OS/c1-4-7-12(2)8-5-6-10(9-12)11(13)14-3/h4,9H,1,5-8H2,2-3H3/t12-/m0/s1. The van der Waals surface area contributed by atoms with Gasteiger partial charge in [0.2, 0.25) is 5.12 Å². The molecule has 0 aliphatic heterocycles. The van der Waals surface area contributed by atoms with Gasteiger partial charge >= 0.3 is 0 Å². The van der Waals surface area contributed by atoms with Gasteiger partial charge in [0.05, 0.1) is 0 Å². The maximum atomic E-state index is 11.5. The van der Waals surface area contributed by atoms with Crippen LogP contribution >= 0.6 is 11.8 Å². The van der Waals surface area contributed by atoms with E-state index in [1.165, 1.54) is 18.2 Å². The van der Waals surface area contributed by atoms with E-state index in [4.69, 9.17) is 0 Å². The molecule has 0 fully saturated rings. The lowest BCUT2D eigenvalue weighted by Gasteiger charge is -2.29. The quantitative estimate of drug-likeness (QED) is 0.662. The zero-order chi connectivity index (χ0) is 10.6. The fraction of sp³-hybridized carbons (Fsp3) is 0.583. The van der Waals surface area contributed by atoms with Crippen LogP contribution in [0.3, 0.4) is 0 Å². The minimum absolute atomic E-state index is 0.167. The highest BCUT2D eigenvalue weighted by Crippen LogP contribution is 2.37. The van der Waals surface area contributed by atoms with Crippen LogP contribution in [0, 0.1) is 5.41 Å². The second kappa shape index (κ2) is 4.83. The van der Waals surface area contributed by atoms with Crippen LogP contribution in [0.4, 0.5) is 0 Å². The summed E-state index contributed by atoms with van der Waals surface area (Å²) in [5, 5.41) is 0.236. The Bertz CT molecular complexity index is 267. The van der Waals surface area contributed by atoms with Crippen LogP contribution in [0.25, 0.3) is 0 Å². The second-order valence-corrected chi connectivity index (χ2v) is 4.94. The van der Waals surface area contributed by atoms with E-state index in [0.29, 0.717) is 0 Å². The molecule has 0 aromatic carbocycles. The van der Waals surface area contributed by atoms with Gasteiger partial charge in [0.25, 0.3) is 0 Å². The van der Waals surface area contributed by atoms with Crippen molar-refractivity contribution < 1.29 is 4.79 Å². The van der Waals surface area contributed by atoms with Gasteiger partial charge in [0.1, 0.15) is 0 Å². The molecular weight excluding hydrogens is 192 g/mol. The first-order chi connectivity index (χ1) is 6.61. The van der Waals surface area contributed by atoms with Gasteiger partial charge in [-0.1, -0.05) is 30.8 Å². The maximum absolute atomic E-state index is 11.5. The molecule has 0 radical (unpaired) electrons. The van der Waals surface area contributed by atoms with Crippen molar-refractivity contribution in [2.45, 2.75) is 32.6 Å². The van der Waals surface area contributed by atoms with E-state index in [0.717, 1.165) is 24.8 Å². The Labute approximate surface area is 90.7 Å². The van der Waals surface area contributed by atoms with Crippen molar-refractivity contribution in [3.63, 3.8) is 0 Å². The number of hydrogen-bond acceptors (Lipinski definition) is 2. The van der Waals surface area contributed by atoms with Crippen molar-refractivity contribution in [2.24, 2.45) is 5.41 Å². The molecule has 2 heteroatoms. The summed E-state index contributed by atoms with van der Waals surface area (Å²) in [7, 11) is 0. The predicted octanol–water partition coefficient (Wildman–Crippen LogP) is 3.57. The Kier molecular flexibility index (Phi) is 3.99. The van der Waals surface area contributed by atoms with E-state index in [2.05, 4.69) is 19.6 Å². The lowest BCUT2D eigenvalue weighted by Crippen LogP contribution is -2.19. The number of carbonyl (C=O) groups excluding carboxylic acids is 1. The summed E-state index contributed by atoms with van der Waals surface area (Å²) >= 11 is 1.32. The second-order valence-electron chi connectivity index (χ2n) is 4.16. The van der Waals surface area contributed by atoms with Crippen LogP contribution in [0.1, 0.15) is 32.6 Å². The first-order valence-corrected chi connectivity index (χ1v) is 6.25. The Morgan fingerprint density at radius 1 is 1.79 bits per heavy atom. The molecular formula is C12H18OS. The van der Waals surface area contributed by atoms with E-state index in [-0.39, 0.29) is 10.5 Å². The minimum Gasteiger partial charge on any atom is -0.282 e. The largest absolute Gasteiger partial charge is 0.282 e. The van der Waals surface area contributed by atoms with E-state index in [1.54, 1.807) is 0 Å². The average Bonchev–Trinajstić information content (AvgIpc) is 2.16. The smallest absolute Gasteiger partial charge is 0.214 e. The predicted molar refractivity (Wildman–Crippen MR) is 63.4 cm³/mol. The third kappa shape index (κ3) is 2.74. The molecule has 0 aromatic rings. The molecule has 1 nitrogen and oxygen atoms in total. The van der Waals surface area contributed by atoms with Gasteiger partial charge in [-0.05, 0) is 37.4 Å². The number of rotatable bonds is 3. The molecule has 0 bridgehead atoms. The van der Waals surface area contributed by atoms with Gasteiger partial charge in [-0.2, -0.15) is 0 Å². The third-order valence-corrected chi connectivity index (χ3v) is 3.41. The zero-order valence-corrected chi connectivity index (χ0v) is 9.82. The highest BCUT2D eigenvalue weighted by molar-refractivity contribution is 8.13. The summed E-state index contributed by atoms with van der Waals surface area (Å²) in [6, 6.07) is 0. The Balaban J connectivity index is 2.82. The molecule has 14 heavy (non-hydrogen) atoms. The van der Waals surface area contributed by atoms with Crippen LogP contribution in [0.15, 0.2) is 24.3 Å². The summed E-state index contributed by atoms with van der Waals surface area (Å²) in [5.74, 6) is 0. The van der Waals surface area contributed by atoms with Crippen LogP contribution in [-0.2, 0) is 4.79 Å². The van der Waals surface area contributed by atoms with Crippen molar-refractivity contribution >= 4 is 16.9 Å². The van der Waals surface area contributed by atoms with E-state index >= 15 is 0 Å². The molecule has 0 unspecified atom stereocenters. The number of hydrogen-bond donors (Lipinski definition) is 0. The SMILES string of the molecule is C=CC[C@]1(C)C=C(C(=O)SC)CCC1. The molecule has 1 atom stereocenters.